The summed E-state index contributed by atoms with van der Waals surface area (Å²) in [6, 6.07) is 0. The molecule has 0 N–H and O–H groups in total. The second-order valence-corrected chi connectivity index (χ2v) is 5.76. The molecule has 0 nitrogen and oxygen atoms in total. The normalized spacial score (nSPS) is 14.5. The maximum absolute atomic E-state index is 2.40. The van der Waals surface area contributed by atoms with E-state index in [1.165, 1.54) is 36.8 Å². The average Bonchev–Trinajstić information content (AvgIpc) is 2.13. The molecule has 0 atom stereocenters. The van der Waals surface area contributed by atoms with Crippen molar-refractivity contribution in [2.75, 3.05) is 0 Å². The van der Waals surface area contributed by atoms with Crippen molar-refractivity contribution in [1.82, 2.24) is 0 Å². The molecular weight excluding hydrogens is 180 g/mol. The lowest BCUT2D eigenvalue weighted by atomic mass is 9.91. The Morgan fingerprint density at radius 2 is 1.60 bits per heavy atom. The monoisotopic (exact) mass is 208 g/mol. The summed E-state index contributed by atoms with van der Waals surface area (Å²) in [7, 11) is 0. The summed E-state index contributed by atoms with van der Waals surface area (Å²) < 4.78 is 0. The largest absolute Gasteiger partial charge is 0.0853 e. The van der Waals surface area contributed by atoms with Crippen LogP contribution in [-0.4, -0.2) is 0 Å². The minimum absolute atomic E-state index is 0.427. The van der Waals surface area contributed by atoms with E-state index in [4.69, 9.17) is 0 Å². The Morgan fingerprint density at radius 3 is 2.07 bits per heavy atom. The lowest BCUT2D eigenvalue weighted by Gasteiger charge is -2.15. The predicted molar refractivity (Wildman–Crippen MR) is 71.1 cm³/mol. The molecule has 0 bridgehead atoms. The van der Waals surface area contributed by atoms with Crippen molar-refractivity contribution in [3.8, 4) is 0 Å². The Bertz CT molecular complexity index is 223. The molecule has 0 radical (unpaired) electrons. The van der Waals surface area contributed by atoms with Crippen LogP contribution in [0.1, 0.15) is 67.2 Å². The van der Waals surface area contributed by atoms with Gasteiger partial charge < -0.3 is 0 Å². The molecule has 0 heteroatoms. The third kappa shape index (κ3) is 9.78. The van der Waals surface area contributed by atoms with Gasteiger partial charge in [-0.3, -0.25) is 0 Å². The highest BCUT2D eigenvalue weighted by Gasteiger charge is 2.06. The summed E-state index contributed by atoms with van der Waals surface area (Å²) >= 11 is 0. The zero-order chi connectivity index (χ0) is 11.9. The summed E-state index contributed by atoms with van der Waals surface area (Å²) in [6.07, 6.45) is 9.56. The highest BCUT2D eigenvalue weighted by Crippen LogP contribution is 2.21. The van der Waals surface area contributed by atoms with Gasteiger partial charge in [0.2, 0.25) is 0 Å². The number of hydrogen-bond donors (Lipinski definition) is 0. The summed E-state index contributed by atoms with van der Waals surface area (Å²) in [5.74, 6) is 0. The van der Waals surface area contributed by atoms with Crippen molar-refractivity contribution >= 4 is 0 Å². The molecular formula is C15H28. The molecule has 0 rings (SSSR count). The van der Waals surface area contributed by atoms with Crippen LogP contribution in [0.25, 0.3) is 0 Å². The summed E-state index contributed by atoms with van der Waals surface area (Å²) in [6.45, 7) is 13.6. The second kappa shape index (κ2) is 6.87. The molecule has 0 unspecified atom stereocenters. The Hall–Kier alpha value is -0.520. The molecule has 0 spiro atoms. The van der Waals surface area contributed by atoms with Crippen molar-refractivity contribution in [2.45, 2.75) is 67.2 Å². The van der Waals surface area contributed by atoms with Gasteiger partial charge in [0.25, 0.3) is 0 Å². The third-order valence-corrected chi connectivity index (χ3v) is 2.65. The quantitative estimate of drug-likeness (QED) is 0.523. The van der Waals surface area contributed by atoms with Gasteiger partial charge in [0.15, 0.2) is 0 Å². The van der Waals surface area contributed by atoms with Gasteiger partial charge in [-0.25, -0.2) is 0 Å². The van der Waals surface area contributed by atoms with Gasteiger partial charge in [0, 0.05) is 0 Å². The molecule has 0 saturated carbocycles. The van der Waals surface area contributed by atoms with Crippen LogP contribution in [-0.2, 0) is 0 Å². The maximum Gasteiger partial charge on any atom is -0.0288 e. The summed E-state index contributed by atoms with van der Waals surface area (Å²) in [4.78, 5) is 0. The van der Waals surface area contributed by atoms with Crippen LogP contribution in [0.2, 0.25) is 0 Å². The molecule has 0 heterocycles. The fraction of sp³-hybridized carbons (Fsp3) is 0.733. The summed E-state index contributed by atoms with van der Waals surface area (Å²) in [5.41, 5.74) is 3.47. The first-order valence-corrected chi connectivity index (χ1v) is 6.16. The minimum atomic E-state index is 0.427. The molecule has 0 aromatic heterocycles. The Morgan fingerprint density at radius 1 is 1.00 bits per heavy atom. The fourth-order valence-electron chi connectivity index (χ4n) is 1.27. The van der Waals surface area contributed by atoms with Gasteiger partial charge in [-0.2, -0.15) is 0 Å². The zero-order valence-corrected chi connectivity index (χ0v) is 11.5. The van der Waals surface area contributed by atoms with Crippen LogP contribution in [0.15, 0.2) is 23.3 Å². The van der Waals surface area contributed by atoms with Crippen molar-refractivity contribution in [1.29, 1.82) is 0 Å². The Labute approximate surface area is 96.5 Å². The van der Waals surface area contributed by atoms with Gasteiger partial charge in [-0.15, -0.1) is 0 Å². The van der Waals surface area contributed by atoms with Crippen molar-refractivity contribution in [2.24, 2.45) is 5.41 Å². The number of rotatable bonds is 5. The SMILES string of the molecule is CC/C(C)=C/CC/C(C)=C/CC(C)(C)C. The first-order valence-electron chi connectivity index (χ1n) is 6.16. The fourth-order valence-corrected chi connectivity index (χ4v) is 1.27. The Balaban J connectivity index is 3.89. The maximum atomic E-state index is 2.40. The van der Waals surface area contributed by atoms with Crippen molar-refractivity contribution in [3.63, 3.8) is 0 Å². The van der Waals surface area contributed by atoms with Crippen LogP contribution >= 0.6 is 0 Å². The molecule has 15 heavy (non-hydrogen) atoms. The number of hydrogen-bond acceptors (Lipinski definition) is 0. The molecule has 0 amide bonds. The lowest BCUT2D eigenvalue weighted by Crippen LogP contribution is -2.02. The molecule has 0 aliphatic carbocycles. The van der Waals surface area contributed by atoms with E-state index >= 15 is 0 Å². The molecule has 0 saturated heterocycles. The smallest absolute Gasteiger partial charge is 0.0288 e. The van der Waals surface area contributed by atoms with E-state index in [0.717, 1.165) is 0 Å². The van der Waals surface area contributed by atoms with Crippen LogP contribution in [0.4, 0.5) is 0 Å². The van der Waals surface area contributed by atoms with Crippen LogP contribution in [0, 0.1) is 5.41 Å². The minimum Gasteiger partial charge on any atom is -0.0853 e. The predicted octanol–water partition coefficient (Wildman–Crippen LogP) is 5.51. The Kier molecular flexibility index (Phi) is 6.63. The first kappa shape index (κ1) is 14.5. The van der Waals surface area contributed by atoms with E-state index in [2.05, 4.69) is 53.7 Å². The highest BCUT2D eigenvalue weighted by atomic mass is 14.1. The van der Waals surface area contributed by atoms with Gasteiger partial charge in [-0.1, -0.05) is 51.0 Å². The van der Waals surface area contributed by atoms with Crippen molar-refractivity contribution in [3.05, 3.63) is 23.3 Å². The van der Waals surface area contributed by atoms with E-state index in [9.17, 15) is 0 Å². The molecule has 0 aromatic carbocycles. The van der Waals surface area contributed by atoms with Crippen LogP contribution in [0.3, 0.4) is 0 Å². The molecule has 0 fully saturated rings. The number of allylic oxidation sites excluding steroid dienone is 4. The zero-order valence-electron chi connectivity index (χ0n) is 11.5. The topological polar surface area (TPSA) is 0 Å². The molecule has 0 aliphatic rings. The molecule has 0 aromatic rings. The lowest BCUT2D eigenvalue weighted by molar-refractivity contribution is 0.419. The standard InChI is InChI=1S/C15H28/c1-7-13(2)9-8-10-14(3)11-12-15(4,5)6/h9,11H,7-8,10,12H2,1-6H3/b13-9+,14-11+. The molecule has 0 aliphatic heterocycles. The molecule has 88 valence electrons. The van der Waals surface area contributed by atoms with Gasteiger partial charge in [0.05, 0.1) is 0 Å². The first-order chi connectivity index (χ1) is 6.85. The van der Waals surface area contributed by atoms with Gasteiger partial charge >= 0.3 is 0 Å². The average molecular weight is 208 g/mol. The van der Waals surface area contributed by atoms with Gasteiger partial charge in [0.1, 0.15) is 0 Å². The van der Waals surface area contributed by atoms with E-state index in [-0.39, 0.29) is 0 Å². The van der Waals surface area contributed by atoms with Crippen molar-refractivity contribution < 1.29 is 0 Å². The van der Waals surface area contributed by atoms with Gasteiger partial charge in [-0.05, 0) is 44.9 Å². The summed E-state index contributed by atoms with van der Waals surface area (Å²) in [5, 5.41) is 0. The highest BCUT2D eigenvalue weighted by molar-refractivity contribution is 5.03. The van der Waals surface area contributed by atoms with Crippen LogP contribution in [0.5, 0.6) is 0 Å². The van der Waals surface area contributed by atoms with Crippen LogP contribution < -0.4 is 0 Å². The third-order valence-electron chi connectivity index (χ3n) is 2.65. The second-order valence-electron chi connectivity index (χ2n) is 5.76. The van der Waals surface area contributed by atoms with E-state index in [1.807, 2.05) is 0 Å². The van der Waals surface area contributed by atoms with E-state index < -0.39 is 0 Å². The van der Waals surface area contributed by atoms with E-state index in [0.29, 0.717) is 5.41 Å². The van der Waals surface area contributed by atoms with E-state index in [1.54, 1.807) is 0 Å².